The molecule has 2 atom stereocenters. The Hall–Kier alpha value is -3.93. The first-order valence-electron chi connectivity index (χ1n) is 11.0. The van der Waals surface area contributed by atoms with Gasteiger partial charge in [0.2, 0.25) is 12.3 Å². The molecule has 1 heterocycles. The SMILES string of the molecule is Cc1ccc(C(=O)N[C@H]2C(=O)N/[N+](=C\c3ccc(N(C)C)cc3)[C@H]2c2ccc(C)cc2)cc1. The third-order valence-corrected chi connectivity index (χ3v) is 5.85. The van der Waals surface area contributed by atoms with Crippen LogP contribution in [0.5, 0.6) is 0 Å². The molecule has 1 fully saturated rings. The zero-order valence-corrected chi connectivity index (χ0v) is 19.4. The van der Waals surface area contributed by atoms with Gasteiger partial charge < -0.3 is 10.2 Å². The van der Waals surface area contributed by atoms with E-state index in [0.29, 0.717) is 5.56 Å². The van der Waals surface area contributed by atoms with Gasteiger partial charge in [-0.15, -0.1) is 10.1 Å². The van der Waals surface area contributed by atoms with Gasteiger partial charge in [0, 0.05) is 36.5 Å². The summed E-state index contributed by atoms with van der Waals surface area (Å²) in [5.41, 5.74) is 8.64. The van der Waals surface area contributed by atoms with Crippen molar-refractivity contribution in [2.75, 3.05) is 19.0 Å². The molecular formula is C27H29N4O2+. The standard InChI is InChI=1S/C27H28N4O2/c1-18-5-11-21(12-6-18)25-24(28-26(32)22-13-7-19(2)8-14-22)27(33)29-31(25)17-20-9-15-23(16-10-20)30(3)4/h5-17,24-25H,1-4H3,(H-,28,29,32,33)/p+1/t24-,25+/m1/s1. The van der Waals surface area contributed by atoms with Crippen molar-refractivity contribution in [3.05, 3.63) is 101 Å². The Bertz CT molecular complexity index is 1180. The fourth-order valence-corrected chi connectivity index (χ4v) is 3.89. The fraction of sp³-hybridized carbons (Fsp3) is 0.222. The number of benzene rings is 3. The van der Waals surface area contributed by atoms with E-state index < -0.39 is 6.04 Å². The van der Waals surface area contributed by atoms with E-state index in [1.165, 1.54) is 0 Å². The summed E-state index contributed by atoms with van der Waals surface area (Å²) in [6.45, 7) is 3.99. The third kappa shape index (κ3) is 4.95. The average Bonchev–Trinajstić information content (AvgIpc) is 3.09. The van der Waals surface area contributed by atoms with Crippen LogP contribution in [0.25, 0.3) is 0 Å². The molecular weight excluding hydrogens is 412 g/mol. The topological polar surface area (TPSA) is 64.5 Å². The minimum absolute atomic E-state index is 0.248. The number of hydrazone groups is 1. The minimum atomic E-state index is -0.737. The third-order valence-electron chi connectivity index (χ3n) is 5.85. The summed E-state index contributed by atoms with van der Waals surface area (Å²) in [5, 5.41) is 2.95. The molecule has 0 unspecified atom stereocenters. The lowest BCUT2D eigenvalue weighted by molar-refractivity contribution is -0.596. The first-order chi connectivity index (χ1) is 15.8. The molecule has 0 aliphatic carbocycles. The van der Waals surface area contributed by atoms with E-state index in [1.807, 2.05) is 99.7 Å². The number of anilines is 1. The van der Waals surface area contributed by atoms with E-state index in [4.69, 9.17) is 0 Å². The molecule has 2 N–H and O–H groups in total. The van der Waals surface area contributed by atoms with Gasteiger partial charge in [-0.05, 0) is 50.2 Å². The number of rotatable bonds is 5. The van der Waals surface area contributed by atoms with E-state index in [9.17, 15) is 9.59 Å². The number of aryl methyl sites for hydroxylation is 2. The molecule has 6 nitrogen and oxygen atoms in total. The Balaban J connectivity index is 1.68. The van der Waals surface area contributed by atoms with Crippen molar-refractivity contribution in [3.63, 3.8) is 0 Å². The zero-order valence-electron chi connectivity index (χ0n) is 19.4. The summed E-state index contributed by atoms with van der Waals surface area (Å²) in [6.07, 6.45) is 1.90. The second-order valence-corrected chi connectivity index (χ2v) is 8.67. The van der Waals surface area contributed by atoms with Crippen LogP contribution in [0, 0.1) is 13.8 Å². The monoisotopic (exact) mass is 441 g/mol. The van der Waals surface area contributed by atoms with Crippen LogP contribution in [0.4, 0.5) is 5.69 Å². The molecule has 0 radical (unpaired) electrons. The molecule has 2 amide bonds. The Morgan fingerprint density at radius 3 is 2.06 bits per heavy atom. The molecule has 0 bridgehead atoms. The maximum Gasteiger partial charge on any atom is 0.304 e. The van der Waals surface area contributed by atoms with Gasteiger partial charge in [0.25, 0.3) is 5.91 Å². The van der Waals surface area contributed by atoms with Gasteiger partial charge in [-0.3, -0.25) is 9.59 Å². The highest BCUT2D eigenvalue weighted by Gasteiger charge is 2.47. The predicted molar refractivity (Wildman–Crippen MR) is 131 cm³/mol. The van der Waals surface area contributed by atoms with Crippen molar-refractivity contribution in [2.24, 2.45) is 0 Å². The number of hydrogen-bond donors (Lipinski definition) is 2. The number of hydrazine groups is 1. The molecule has 168 valence electrons. The van der Waals surface area contributed by atoms with Crippen molar-refractivity contribution in [3.8, 4) is 0 Å². The molecule has 6 heteroatoms. The molecule has 33 heavy (non-hydrogen) atoms. The van der Waals surface area contributed by atoms with Crippen LogP contribution >= 0.6 is 0 Å². The number of carbonyl (C=O) groups is 2. The summed E-state index contributed by atoms with van der Waals surface area (Å²) in [4.78, 5) is 28.0. The summed E-state index contributed by atoms with van der Waals surface area (Å²) in [6, 6.07) is 22.3. The summed E-state index contributed by atoms with van der Waals surface area (Å²) in [5.74, 6) is -0.522. The number of carbonyl (C=O) groups excluding carboxylic acids is 2. The molecule has 0 saturated carbocycles. The van der Waals surface area contributed by atoms with Crippen molar-refractivity contribution in [1.82, 2.24) is 10.7 Å². The maximum atomic E-state index is 13.0. The van der Waals surface area contributed by atoms with E-state index in [1.54, 1.807) is 16.8 Å². The van der Waals surface area contributed by atoms with Crippen molar-refractivity contribution in [1.29, 1.82) is 0 Å². The fourth-order valence-electron chi connectivity index (χ4n) is 3.89. The van der Waals surface area contributed by atoms with E-state index in [2.05, 4.69) is 10.7 Å². The van der Waals surface area contributed by atoms with Gasteiger partial charge in [0.15, 0.2) is 6.04 Å². The summed E-state index contributed by atoms with van der Waals surface area (Å²) < 4.78 is 1.79. The lowest BCUT2D eigenvalue weighted by Gasteiger charge is -2.15. The molecule has 1 saturated heterocycles. The number of amides is 2. The smallest absolute Gasteiger partial charge is 0.304 e. The van der Waals surface area contributed by atoms with E-state index >= 15 is 0 Å². The highest BCUT2D eigenvalue weighted by molar-refractivity contribution is 5.98. The van der Waals surface area contributed by atoms with Crippen LogP contribution in [-0.4, -0.2) is 42.9 Å². The number of nitrogens with one attached hydrogen (secondary N) is 2. The second-order valence-electron chi connectivity index (χ2n) is 8.67. The van der Waals surface area contributed by atoms with Crippen molar-refractivity contribution >= 4 is 23.7 Å². The maximum absolute atomic E-state index is 13.0. The predicted octanol–water partition coefficient (Wildman–Crippen LogP) is 3.39. The molecule has 3 aromatic rings. The van der Waals surface area contributed by atoms with Crippen LogP contribution < -0.4 is 15.6 Å². The Morgan fingerprint density at radius 1 is 0.909 bits per heavy atom. The second kappa shape index (κ2) is 9.28. The molecule has 1 aliphatic rings. The van der Waals surface area contributed by atoms with Crippen LogP contribution in [0.2, 0.25) is 0 Å². The Morgan fingerprint density at radius 2 is 1.48 bits per heavy atom. The Kier molecular flexibility index (Phi) is 6.27. The molecule has 1 aliphatic heterocycles. The summed E-state index contributed by atoms with van der Waals surface area (Å²) in [7, 11) is 3.99. The van der Waals surface area contributed by atoms with E-state index in [0.717, 1.165) is 27.9 Å². The highest BCUT2D eigenvalue weighted by atomic mass is 16.2. The normalized spacial score (nSPS) is 18.8. The first-order valence-corrected chi connectivity index (χ1v) is 11.0. The van der Waals surface area contributed by atoms with Gasteiger partial charge in [0.05, 0.1) is 0 Å². The van der Waals surface area contributed by atoms with Gasteiger partial charge in [-0.25, -0.2) is 0 Å². The number of nitrogens with zero attached hydrogens (tertiary/aromatic N) is 2. The molecule has 3 aromatic carbocycles. The van der Waals surface area contributed by atoms with Gasteiger partial charge in [0.1, 0.15) is 0 Å². The lowest BCUT2D eigenvalue weighted by atomic mass is 9.98. The van der Waals surface area contributed by atoms with Crippen molar-refractivity contribution < 1.29 is 14.3 Å². The van der Waals surface area contributed by atoms with Gasteiger partial charge in [-0.1, -0.05) is 47.5 Å². The van der Waals surface area contributed by atoms with E-state index in [-0.39, 0.29) is 17.9 Å². The average molecular weight is 442 g/mol. The van der Waals surface area contributed by atoms with Crippen LogP contribution in [0.3, 0.4) is 0 Å². The van der Waals surface area contributed by atoms with Crippen LogP contribution in [0.15, 0.2) is 72.8 Å². The highest BCUT2D eigenvalue weighted by Crippen LogP contribution is 2.26. The molecule has 0 aromatic heterocycles. The minimum Gasteiger partial charge on any atom is -0.378 e. The number of hydrogen-bond acceptors (Lipinski definition) is 3. The molecule has 4 rings (SSSR count). The van der Waals surface area contributed by atoms with Crippen molar-refractivity contribution in [2.45, 2.75) is 25.9 Å². The largest absolute Gasteiger partial charge is 0.378 e. The lowest BCUT2D eigenvalue weighted by Crippen LogP contribution is -2.42. The molecule has 0 spiro atoms. The van der Waals surface area contributed by atoms with Gasteiger partial charge >= 0.3 is 5.91 Å². The van der Waals surface area contributed by atoms with Crippen LogP contribution in [0.1, 0.15) is 38.7 Å². The van der Waals surface area contributed by atoms with Gasteiger partial charge in [-0.2, -0.15) is 0 Å². The first kappa shape index (κ1) is 22.3. The van der Waals surface area contributed by atoms with Crippen LogP contribution in [-0.2, 0) is 4.79 Å². The summed E-state index contributed by atoms with van der Waals surface area (Å²) >= 11 is 0. The quantitative estimate of drug-likeness (QED) is 0.597. The zero-order chi connectivity index (χ0) is 23.5. The Labute approximate surface area is 194 Å².